The van der Waals surface area contributed by atoms with E-state index in [-0.39, 0.29) is 28.7 Å². The molecule has 2 unspecified atom stereocenters. The lowest BCUT2D eigenvalue weighted by atomic mass is 9.50. The Hall–Kier alpha value is -0.870. The van der Waals surface area contributed by atoms with Crippen LogP contribution in [0.3, 0.4) is 0 Å². The van der Waals surface area contributed by atoms with E-state index < -0.39 is 0 Å². The molecule has 3 saturated carbocycles. The first kappa shape index (κ1) is 20.4. The maximum atomic E-state index is 11.9. The maximum Gasteiger partial charge on any atom is 0.302 e. The van der Waals surface area contributed by atoms with Gasteiger partial charge in [-0.05, 0) is 62.2 Å². The second kappa shape index (κ2) is 7.12. The second-order valence-electron chi connectivity index (χ2n) is 10.5. The van der Waals surface area contributed by atoms with Gasteiger partial charge in [0, 0.05) is 24.2 Å². The van der Waals surface area contributed by atoms with Crippen LogP contribution in [0.4, 0.5) is 0 Å². The Kier molecular flexibility index (Phi) is 5.19. The molecule has 7 atom stereocenters. The Morgan fingerprint density at radius 3 is 2.39 bits per heavy atom. The summed E-state index contributed by atoms with van der Waals surface area (Å²) in [5, 5.41) is 0. The minimum atomic E-state index is -0.388. The summed E-state index contributed by atoms with van der Waals surface area (Å²) >= 11 is 0. The molecule has 1 saturated heterocycles. The number of rotatable bonds is 3. The van der Waals surface area contributed by atoms with Crippen LogP contribution in [0, 0.1) is 34.5 Å². The fourth-order valence-electron chi connectivity index (χ4n) is 7.46. The molecule has 0 N–H and O–H groups in total. The topological polar surface area (TPSA) is 44.8 Å². The van der Waals surface area contributed by atoms with E-state index in [4.69, 9.17) is 14.2 Å². The summed E-state index contributed by atoms with van der Waals surface area (Å²) in [4.78, 5) is 11.9. The van der Waals surface area contributed by atoms with Gasteiger partial charge in [0.1, 0.15) is 6.10 Å². The number of fused-ring (bicyclic) bond motifs is 2. The van der Waals surface area contributed by atoms with Crippen LogP contribution in [0.2, 0.25) is 0 Å². The molecule has 1 aliphatic heterocycles. The largest absolute Gasteiger partial charge is 0.462 e. The zero-order valence-electron chi connectivity index (χ0n) is 18.2. The summed E-state index contributed by atoms with van der Waals surface area (Å²) in [5.41, 5.74) is 0.0691. The highest BCUT2D eigenvalue weighted by atomic mass is 16.7. The van der Waals surface area contributed by atoms with E-state index in [1.54, 1.807) is 6.92 Å². The predicted molar refractivity (Wildman–Crippen MR) is 109 cm³/mol. The summed E-state index contributed by atoms with van der Waals surface area (Å²) in [6.45, 7) is 14.3. The van der Waals surface area contributed by atoms with Gasteiger partial charge in [0.15, 0.2) is 5.79 Å². The number of hydrogen-bond acceptors (Lipinski definition) is 4. The summed E-state index contributed by atoms with van der Waals surface area (Å²) < 4.78 is 18.4. The lowest BCUT2D eigenvalue weighted by Crippen LogP contribution is -2.56. The van der Waals surface area contributed by atoms with Crippen molar-refractivity contribution in [3.63, 3.8) is 0 Å². The molecule has 0 bridgehead atoms. The van der Waals surface area contributed by atoms with Crippen LogP contribution in [0.5, 0.6) is 0 Å². The Bertz CT molecular complexity index is 624. The summed E-state index contributed by atoms with van der Waals surface area (Å²) in [7, 11) is 0. The van der Waals surface area contributed by atoms with Crippen molar-refractivity contribution in [3.8, 4) is 0 Å². The van der Waals surface area contributed by atoms with Gasteiger partial charge in [-0.15, -0.1) is 6.58 Å². The van der Waals surface area contributed by atoms with Crippen molar-refractivity contribution in [2.45, 2.75) is 84.5 Å². The first-order chi connectivity index (χ1) is 13.3. The lowest BCUT2D eigenvalue weighted by Gasteiger charge is -2.57. The van der Waals surface area contributed by atoms with Gasteiger partial charge in [-0.2, -0.15) is 0 Å². The van der Waals surface area contributed by atoms with Gasteiger partial charge in [-0.25, -0.2) is 0 Å². The van der Waals surface area contributed by atoms with E-state index in [1.807, 2.05) is 0 Å². The molecule has 158 valence electrons. The van der Waals surface area contributed by atoms with Crippen LogP contribution in [-0.2, 0) is 19.0 Å². The van der Waals surface area contributed by atoms with Crippen molar-refractivity contribution >= 4 is 5.97 Å². The molecule has 0 aromatic carbocycles. The van der Waals surface area contributed by atoms with E-state index in [2.05, 4.69) is 33.4 Å². The van der Waals surface area contributed by atoms with Crippen molar-refractivity contribution in [3.05, 3.63) is 12.7 Å². The van der Waals surface area contributed by atoms with Gasteiger partial charge in [0.05, 0.1) is 13.2 Å². The average Bonchev–Trinajstić information content (AvgIpc) is 3.24. The highest BCUT2D eigenvalue weighted by Crippen LogP contribution is 2.66. The van der Waals surface area contributed by atoms with Crippen LogP contribution in [-0.4, -0.2) is 31.1 Å². The molecule has 4 heteroatoms. The Morgan fingerprint density at radius 2 is 1.75 bits per heavy atom. The first-order valence-corrected chi connectivity index (χ1v) is 11.3. The van der Waals surface area contributed by atoms with Gasteiger partial charge in [0.25, 0.3) is 0 Å². The average molecular weight is 391 g/mol. The molecule has 1 heterocycles. The number of allylic oxidation sites excluding steroid dienone is 1. The third-order valence-corrected chi connectivity index (χ3v) is 9.09. The zero-order valence-corrected chi connectivity index (χ0v) is 18.2. The van der Waals surface area contributed by atoms with E-state index in [1.165, 1.54) is 6.42 Å². The minimum absolute atomic E-state index is 0.0138. The van der Waals surface area contributed by atoms with Crippen molar-refractivity contribution < 1.29 is 19.0 Å². The molecule has 0 amide bonds. The van der Waals surface area contributed by atoms with Crippen molar-refractivity contribution in [2.75, 3.05) is 13.2 Å². The normalized spacial score (nSPS) is 47.6. The van der Waals surface area contributed by atoms with Crippen LogP contribution < -0.4 is 0 Å². The van der Waals surface area contributed by atoms with Gasteiger partial charge >= 0.3 is 5.97 Å². The zero-order chi connectivity index (χ0) is 20.2. The highest BCUT2D eigenvalue weighted by molar-refractivity contribution is 5.66. The molecule has 0 radical (unpaired) electrons. The molecular weight excluding hydrogens is 352 g/mol. The van der Waals surface area contributed by atoms with E-state index >= 15 is 0 Å². The molecule has 4 nitrogen and oxygen atoms in total. The minimum Gasteiger partial charge on any atom is -0.462 e. The van der Waals surface area contributed by atoms with Crippen LogP contribution in [0.1, 0.15) is 72.6 Å². The highest BCUT2D eigenvalue weighted by Gasteiger charge is 2.66. The van der Waals surface area contributed by atoms with Crippen molar-refractivity contribution in [1.82, 2.24) is 0 Å². The molecule has 1 spiro atoms. The lowest BCUT2D eigenvalue weighted by molar-refractivity contribution is -0.242. The molecule has 4 fully saturated rings. The van der Waals surface area contributed by atoms with E-state index in [9.17, 15) is 4.79 Å². The van der Waals surface area contributed by atoms with Crippen LogP contribution in [0.25, 0.3) is 0 Å². The van der Waals surface area contributed by atoms with E-state index in [0.717, 1.165) is 38.5 Å². The number of ether oxygens (including phenoxy) is 3. The number of carbonyl (C=O) groups excluding carboxylic acids is 1. The van der Waals surface area contributed by atoms with Gasteiger partial charge in [-0.3, -0.25) is 4.79 Å². The quantitative estimate of drug-likeness (QED) is 0.496. The van der Waals surface area contributed by atoms with Crippen LogP contribution in [0.15, 0.2) is 12.7 Å². The first-order valence-electron chi connectivity index (χ1n) is 11.3. The molecule has 0 aromatic heterocycles. The molecule has 28 heavy (non-hydrogen) atoms. The Labute approximate surface area is 170 Å². The second-order valence-corrected chi connectivity index (χ2v) is 10.5. The summed E-state index contributed by atoms with van der Waals surface area (Å²) in [6, 6.07) is 0. The molecular formula is C24H38O4. The monoisotopic (exact) mass is 390 g/mol. The standard InChI is InChI=1S/C24H38O4/c1-6-18-19(22(4)10-7-16(2)15-21(22)28-17(3)25)8-11-23(5)20(18)9-12-24(23)26-13-14-27-24/h6,16,18-21H,1,7-15H2,2-5H3/t16-,18+,19?,20?,21-,22+,23-/m0/s1. The fourth-order valence-corrected chi connectivity index (χ4v) is 7.46. The summed E-state index contributed by atoms with van der Waals surface area (Å²) in [5.74, 6) is 1.52. The number of carbonyl (C=O) groups is 1. The van der Waals surface area contributed by atoms with E-state index in [0.29, 0.717) is 36.9 Å². The van der Waals surface area contributed by atoms with Gasteiger partial charge in [0.2, 0.25) is 0 Å². The Balaban J connectivity index is 1.64. The molecule has 3 aliphatic carbocycles. The smallest absolute Gasteiger partial charge is 0.302 e. The SMILES string of the molecule is C=C[C@H]1C2CCC3(OCCO3)[C@@]2(C)CCC1[C@@]1(C)CC[C@H](C)C[C@@H]1OC(C)=O. The van der Waals surface area contributed by atoms with Gasteiger partial charge in [-0.1, -0.05) is 26.8 Å². The molecule has 4 rings (SSSR count). The third-order valence-electron chi connectivity index (χ3n) is 9.09. The van der Waals surface area contributed by atoms with Crippen LogP contribution >= 0.6 is 0 Å². The van der Waals surface area contributed by atoms with Crippen molar-refractivity contribution in [1.29, 1.82) is 0 Å². The molecule has 4 aliphatic rings. The maximum absolute atomic E-state index is 11.9. The Morgan fingerprint density at radius 1 is 1.07 bits per heavy atom. The predicted octanol–water partition coefficient (Wildman–Crippen LogP) is 5.12. The molecule has 0 aromatic rings. The summed E-state index contributed by atoms with van der Waals surface area (Å²) in [6.07, 6.45) is 9.91. The number of esters is 1. The fraction of sp³-hybridized carbons (Fsp3) is 0.875. The van der Waals surface area contributed by atoms with Gasteiger partial charge < -0.3 is 14.2 Å². The van der Waals surface area contributed by atoms with Crippen molar-refractivity contribution in [2.24, 2.45) is 34.5 Å². The number of hydrogen-bond donors (Lipinski definition) is 0. The third kappa shape index (κ3) is 2.89.